The highest BCUT2D eigenvalue weighted by molar-refractivity contribution is 7.88. The summed E-state index contributed by atoms with van der Waals surface area (Å²) < 4.78 is 40.2. The SMILES string of the molecule is CS(=O)(=O)NCc1cc(F)cc(-c2cncc3[nH]c(-c4n[nH]c5cnc(-c6cncc(NC(=O)CC7CCNCC7)c6)cc45)nc23)c1. The van der Waals surface area contributed by atoms with Gasteiger partial charge in [0.1, 0.15) is 11.5 Å². The molecule has 13 nitrogen and oxygen atoms in total. The van der Waals surface area contributed by atoms with Crippen LogP contribution in [0.1, 0.15) is 24.8 Å². The summed E-state index contributed by atoms with van der Waals surface area (Å²) >= 11 is 0. The Morgan fingerprint density at radius 1 is 0.979 bits per heavy atom. The van der Waals surface area contributed by atoms with Gasteiger partial charge in [-0.05, 0) is 73.3 Å². The molecule has 5 N–H and O–H groups in total. The smallest absolute Gasteiger partial charge is 0.224 e. The predicted molar refractivity (Wildman–Crippen MR) is 176 cm³/mol. The average Bonchev–Trinajstić information content (AvgIpc) is 3.68. The van der Waals surface area contributed by atoms with E-state index in [1.54, 1.807) is 37.1 Å². The Morgan fingerprint density at radius 2 is 1.81 bits per heavy atom. The number of fused-ring (bicyclic) bond motifs is 2. The maximum absolute atomic E-state index is 14.6. The molecule has 1 aliphatic heterocycles. The third-order valence-electron chi connectivity index (χ3n) is 8.12. The van der Waals surface area contributed by atoms with E-state index in [1.165, 1.54) is 12.1 Å². The summed E-state index contributed by atoms with van der Waals surface area (Å²) in [5.41, 5.74) is 5.87. The summed E-state index contributed by atoms with van der Waals surface area (Å²) in [6, 6.07) is 8.06. The Hall–Kier alpha value is -5.12. The van der Waals surface area contributed by atoms with Gasteiger partial charge in [0, 0.05) is 41.9 Å². The normalized spacial score (nSPS) is 14.2. The van der Waals surface area contributed by atoms with Crippen molar-refractivity contribution in [1.29, 1.82) is 0 Å². The van der Waals surface area contributed by atoms with Crippen molar-refractivity contribution in [2.45, 2.75) is 25.8 Å². The molecule has 0 bridgehead atoms. The van der Waals surface area contributed by atoms with Gasteiger partial charge in [0.2, 0.25) is 15.9 Å². The number of hydrogen-bond acceptors (Lipinski definition) is 9. The molecule has 1 fully saturated rings. The summed E-state index contributed by atoms with van der Waals surface area (Å²) in [4.78, 5) is 34.1. The third kappa shape index (κ3) is 6.86. The first kappa shape index (κ1) is 30.5. The molecule has 1 aromatic carbocycles. The van der Waals surface area contributed by atoms with Crippen LogP contribution in [0.2, 0.25) is 0 Å². The third-order valence-corrected chi connectivity index (χ3v) is 8.79. The number of rotatable bonds is 9. The van der Waals surface area contributed by atoms with Crippen LogP contribution in [0.5, 0.6) is 0 Å². The molecule has 0 saturated carbocycles. The van der Waals surface area contributed by atoms with Crippen LogP contribution in [0, 0.1) is 11.7 Å². The van der Waals surface area contributed by atoms with Gasteiger partial charge in [-0.3, -0.25) is 24.8 Å². The van der Waals surface area contributed by atoms with Gasteiger partial charge in [-0.25, -0.2) is 22.5 Å². The Kier molecular flexibility index (Phi) is 8.17. The number of carbonyl (C=O) groups excluding carboxylic acids is 1. The molecule has 7 rings (SSSR count). The summed E-state index contributed by atoms with van der Waals surface area (Å²) in [5.74, 6) is 0.288. The van der Waals surface area contributed by atoms with Gasteiger partial charge in [0.05, 0.1) is 52.8 Å². The molecule has 0 spiro atoms. The van der Waals surface area contributed by atoms with Gasteiger partial charge in [-0.15, -0.1) is 0 Å². The monoisotopic (exact) mass is 654 g/mol. The Labute approximate surface area is 268 Å². The number of aromatic nitrogens is 7. The number of sulfonamides is 1. The molecular formula is C32H31FN10O3S. The maximum atomic E-state index is 14.6. The first-order valence-electron chi connectivity index (χ1n) is 15.1. The Morgan fingerprint density at radius 3 is 2.64 bits per heavy atom. The molecule has 47 heavy (non-hydrogen) atoms. The highest BCUT2D eigenvalue weighted by atomic mass is 32.2. The molecule has 0 unspecified atom stereocenters. The number of piperidine rings is 1. The molecule has 0 atom stereocenters. The largest absolute Gasteiger partial charge is 0.335 e. The molecule has 6 aromatic rings. The topological polar surface area (TPSA) is 183 Å². The van der Waals surface area contributed by atoms with Crippen molar-refractivity contribution in [3.05, 3.63) is 72.7 Å². The van der Waals surface area contributed by atoms with Crippen LogP contribution in [0.25, 0.3) is 55.8 Å². The van der Waals surface area contributed by atoms with Crippen molar-refractivity contribution in [2.75, 3.05) is 24.7 Å². The van der Waals surface area contributed by atoms with Crippen molar-refractivity contribution < 1.29 is 17.6 Å². The van der Waals surface area contributed by atoms with E-state index in [9.17, 15) is 17.6 Å². The predicted octanol–water partition coefficient (Wildman–Crippen LogP) is 4.14. The van der Waals surface area contributed by atoms with E-state index < -0.39 is 15.8 Å². The summed E-state index contributed by atoms with van der Waals surface area (Å²) in [6.07, 6.45) is 11.7. The molecule has 0 radical (unpaired) electrons. The highest BCUT2D eigenvalue weighted by Gasteiger charge is 2.19. The summed E-state index contributed by atoms with van der Waals surface area (Å²) in [5, 5.41) is 14.6. The quantitative estimate of drug-likeness (QED) is 0.153. The number of hydrogen-bond donors (Lipinski definition) is 5. The molecule has 1 saturated heterocycles. The number of benzene rings is 1. The zero-order valence-corrected chi connectivity index (χ0v) is 26.2. The molecule has 5 aromatic heterocycles. The fourth-order valence-electron chi connectivity index (χ4n) is 5.84. The summed E-state index contributed by atoms with van der Waals surface area (Å²) in [7, 11) is -3.46. The fourth-order valence-corrected chi connectivity index (χ4v) is 6.27. The number of carbonyl (C=O) groups is 1. The number of H-pyrrole nitrogens is 2. The number of halogens is 1. The number of aromatic amines is 2. The molecule has 240 valence electrons. The van der Waals surface area contributed by atoms with E-state index >= 15 is 0 Å². The van der Waals surface area contributed by atoms with Crippen LogP contribution < -0.4 is 15.4 Å². The highest BCUT2D eigenvalue weighted by Crippen LogP contribution is 2.33. The van der Waals surface area contributed by atoms with Gasteiger partial charge < -0.3 is 15.6 Å². The van der Waals surface area contributed by atoms with Crippen LogP contribution in [0.3, 0.4) is 0 Å². The van der Waals surface area contributed by atoms with Crippen molar-refractivity contribution in [3.8, 4) is 33.9 Å². The zero-order valence-electron chi connectivity index (χ0n) is 25.3. The van der Waals surface area contributed by atoms with Gasteiger partial charge >= 0.3 is 0 Å². The average molecular weight is 655 g/mol. The van der Waals surface area contributed by atoms with Crippen LogP contribution >= 0.6 is 0 Å². The van der Waals surface area contributed by atoms with E-state index in [0.717, 1.165) is 43.1 Å². The van der Waals surface area contributed by atoms with E-state index in [0.29, 0.717) is 68.5 Å². The molecule has 1 aliphatic rings. The maximum Gasteiger partial charge on any atom is 0.224 e. The van der Waals surface area contributed by atoms with Gasteiger partial charge in [0.15, 0.2) is 5.82 Å². The number of anilines is 1. The molecule has 6 heterocycles. The lowest BCUT2D eigenvalue weighted by Gasteiger charge is -2.21. The Balaban J connectivity index is 1.18. The minimum atomic E-state index is -3.46. The molecular weight excluding hydrogens is 623 g/mol. The molecule has 1 amide bonds. The van der Waals surface area contributed by atoms with Crippen LogP contribution in [0.15, 0.2) is 61.3 Å². The zero-order chi connectivity index (χ0) is 32.5. The fraction of sp³-hybridized carbons (Fsp3) is 0.250. The number of pyridine rings is 3. The number of nitrogens with zero attached hydrogens (tertiary/aromatic N) is 5. The van der Waals surface area contributed by atoms with Gasteiger partial charge in [-0.1, -0.05) is 0 Å². The van der Waals surface area contributed by atoms with E-state index in [2.05, 4.69) is 45.5 Å². The lowest BCUT2D eigenvalue weighted by molar-refractivity contribution is -0.117. The second kappa shape index (κ2) is 12.6. The van der Waals surface area contributed by atoms with Crippen molar-refractivity contribution in [1.82, 2.24) is 45.2 Å². The Bertz CT molecular complexity index is 2230. The lowest BCUT2D eigenvalue weighted by atomic mass is 9.94. The standard InChI is InChI=1S/C32H31FN10O3S/c1-47(45,46)38-12-19-6-20(9-22(33)7-19)25-15-36-16-28-30(25)41-32(40-28)31-24-11-26(37-17-27(24)42-43-31)21-10-23(14-35-13-21)39-29(44)8-18-2-4-34-5-3-18/h6-7,9-11,13-18,34,38H,2-5,8,12H2,1H3,(H,39,44)(H,40,41)(H,42,43). The molecule has 0 aliphatic carbocycles. The van der Waals surface area contributed by atoms with Crippen molar-refractivity contribution in [3.63, 3.8) is 0 Å². The number of nitrogens with one attached hydrogen (secondary N) is 5. The second-order valence-electron chi connectivity index (χ2n) is 11.7. The second-order valence-corrected chi connectivity index (χ2v) is 13.5. The number of amides is 1. The minimum absolute atomic E-state index is 0.0323. The minimum Gasteiger partial charge on any atom is -0.335 e. The van der Waals surface area contributed by atoms with Crippen LogP contribution in [-0.4, -0.2) is 68.8 Å². The first-order valence-corrected chi connectivity index (χ1v) is 17.0. The van der Waals surface area contributed by atoms with Crippen molar-refractivity contribution in [2.24, 2.45) is 5.92 Å². The van der Waals surface area contributed by atoms with Crippen LogP contribution in [0.4, 0.5) is 10.1 Å². The van der Waals surface area contributed by atoms with Gasteiger partial charge in [0.25, 0.3) is 0 Å². The van der Waals surface area contributed by atoms with Gasteiger partial charge in [-0.2, -0.15) is 5.10 Å². The van der Waals surface area contributed by atoms with Crippen LogP contribution in [-0.2, 0) is 21.4 Å². The van der Waals surface area contributed by atoms with E-state index in [-0.39, 0.29) is 12.5 Å². The van der Waals surface area contributed by atoms with E-state index in [4.69, 9.17) is 4.98 Å². The lowest BCUT2D eigenvalue weighted by Crippen LogP contribution is -2.30. The first-order chi connectivity index (χ1) is 22.7. The molecule has 15 heteroatoms. The van der Waals surface area contributed by atoms with Crippen molar-refractivity contribution >= 4 is 43.6 Å². The summed E-state index contributed by atoms with van der Waals surface area (Å²) in [6.45, 7) is 1.82. The van der Waals surface area contributed by atoms with E-state index in [1.807, 2.05) is 12.1 Å². The number of imidazole rings is 1.